The summed E-state index contributed by atoms with van der Waals surface area (Å²) in [6.07, 6.45) is 6.89. The molecule has 17 heavy (non-hydrogen) atoms. The van der Waals surface area contributed by atoms with Gasteiger partial charge >= 0.3 is 0 Å². The predicted molar refractivity (Wildman–Crippen MR) is 70.1 cm³/mol. The van der Waals surface area contributed by atoms with E-state index >= 15 is 0 Å². The van der Waals surface area contributed by atoms with Gasteiger partial charge in [0.05, 0.1) is 11.1 Å². The molecule has 0 unspecified atom stereocenters. The molecule has 0 bridgehead atoms. The van der Waals surface area contributed by atoms with Gasteiger partial charge in [-0.2, -0.15) is 0 Å². The van der Waals surface area contributed by atoms with E-state index < -0.39 is 0 Å². The number of allylic oxidation sites excluding steroid dienone is 3. The summed E-state index contributed by atoms with van der Waals surface area (Å²) in [4.78, 5) is 12.4. The third-order valence-electron chi connectivity index (χ3n) is 2.17. The van der Waals surface area contributed by atoms with Crippen LogP contribution in [-0.2, 0) is 0 Å². The summed E-state index contributed by atoms with van der Waals surface area (Å²) in [6, 6.07) is 7.40. The Hall–Kier alpha value is -1.87. The van der Waals surface area contributed by atoms with Gasteiger partial charge in [0.2, 0.25) is 0 Å². The standard InChI is InChI=1S/C14H12O2S/c1-11(10-12-4-2-8-16-12)6-7-13(15)14-5-3-9-17-14/h2-10H,1H3/b7-6+,11-10+. The topological polar surface area (TPSA) is 30.2 Å². The van der Waals surface area contributed by atoms with Crippen molar-refractivity contribution in [3.63, 3.8) is 0 Å². The van der Waals surface area contributed by atoms with E-state index in [1.807, 2.05) is 42.6 Å². The summed E-state index contributed by atoms with van der Waals surface area (Å²) in [5.41, 5.74) is 0.977. The molecule has 0 fully saturated rings. The normalized spacial score (nSPS) is 12.2. The van der Waals surface area contributed by atoms with Crippen molar-refractivity contribution >= 4 is 23.2 Å². The number of thiophene rings is 1. The molecule has 0 aliphatic heterocycles. The van der Waals surface area contributed by atoms with E-state index in [2.05, 4.69) is 0 Å². The van der Waals surface area contributed by atoms with Crippen molar-refractivity contribution in [1.82, 2.24) is 0 Å². The number of carbonyl (C=O) groups is 1. The molecule has 86 valence electrons. The molecule has 0 amide bonds. The quantitative estimate of drug-likeness (QED) is 0.458. The first-order chi connectivity index (χ1) is 8.25. The molecule has 0 saturated carbocycles. The molecule has 2 heterocycles. The molecular formula is C14H12O2S. The van der Waals surface area contributed by atoms with Gasteiger partial charge in [0.1, 0.15) is 5.76 Å². The highest BCUT2D eigenvalue weighted by Crippen LogP contribution is 2.12. The van der Waals surface area contributed by atoms with Crippen LogP contribution in [0.25, 0.3) is 6.08 Å². The Morgan fingerprint density at radius 2 is 2.18 bits per heavy atom. The fourth-order valence-electron chi connectivity index (χ4n) is 1.35. The molecule has 0 aliphatic rings. The molecule has 2 aromatic heterocycles. The Bertz CT molecular complexity index is 531. The van der Waals surface area contributed by atoms with Gasteiger partial charge in [0, 0.05) is 0 Å². The molecule has 3 heteroatoms. The van der Waals surface area contributed by atoms with Gasteiger partial charge in [-0.15, -0.1) is 11.3 Å². The van der Waals surface area contributed by atoms with Crippen molar-refractivity contribution in [3.8, 4) is 0 Å². The third-order valence-corrected chi connectivity index (χ3v) is 3.06. The molecule has 0 aliphatic carbocycles. The van der Waals surface area contributed by atoms with Crippen LogP contribution in [0.4, 0.5) is 0 Å². The van der Waals surface area contributed by atoms with Gasteiger partial charge in [-0.25, -0.2) is 0 Å². The van der Waals surface area contributed by atoms with E-state index in [-0.39, 0.29) is 5.78 Å². The predicted octanol–water partition coefficient (Wildman–Crippen LogP) is 4.18. The largest absolute Gasteiger partial charge is 0.465 e. The zero-order valence-corrected chi connectivity index (χ0v) is 10.2. The van der Waals surface area contributed by atoms with Crippen LogP contribution in [0.3, 0.4) is 0 Å². The van der Waals surface area contributed by atoms with E-state index in [0.717, 1.165) is 16.2 Å². The Labute approximate surface area is 104 Å². The van der Waals surface area contributed by atoms with Crippen LogP contribution in [0.5, 0.6) is 0 Å². The third kappa shape index (κ3) is 3.29. The lowest BCUT2D eigenvalue weighted by Crippen LogP contribution is -1.88. The van der Waals surface area contributed by atoms with Crippen LogP contribution < -0.4 is 0 Å². The van der Waals surface area contributed by atoms with Crippen LogP contribution in [-0.4, -0.2) is 5.78 Å². The smallest absolute Gasteiger partial charge is 0.195 e. The van der Waals surface area contributed by atoms with Crippen LogP contribution in [0.2, 0.25) is 0 Å². The van der Waals surface area contributed by atoms with E-state index in [1.54, 1.807) is 18.4 Å². The zero-order valence-electron chi connectivity index (χ0n) is 9.42. The van der Waals surface area contributed by atoms with Crippen molar-refractivity contribution in [2.75, 3.05) is 0 Å². The summed E-state index contributed by atoms with van der Waals surface area (Å²) < 4.78 is 5.19. The van der Waals surface area contributed by atoms with Gasteiger partial charge in [-0.05, 0) is 48.2 Å². The van der Waals surface area contributed by atoms with Crippen LogP contribution in [0.15, 0.2) is 58.1 Å². The molecule has 2 aromatic rings. The highest BCUT2D eigenvalue weighted by Gasteiger charge is 2.01. The van der Waals surface area contributed by atoms with E-state index in [4.69, 9.17) is 4.42 Å². The second-order valence-corrected chi connectivity index (χ2v) is 4.53. The summed E-state index contributed by atoms with van der Waals surface area (Å²) in [5, 5.41) is 1.90. The lowest BCUT2D eigenvalue weighted by Gasteiger charge is -1.91. The summed E-state index contributed by atoms with van der Waals surface area (Å²) in [7, 11) is 0. The van der Waals surface area contributed by atoms with Crippen molar-refractivity contribution in [2.24, 2.45) is 0 Å². The number of hydrogen-bond donors (Lipinski definition) is 0. The molecule has 0 atom stereocenters. The highest BCUT2D eigenvalue weighted by atomic mass is 32.1. The molecule has 2 rings (SSSR count). The second kappa shape index (κ2) is 5.46. The van der Waals surface area contributed by atoms with Crippen molar-refractivity contribution < 1.29 is 9.21 Å². The first kappa shape index (κ1) is 11.6. The fraction of sp³-hybridized carbons (Fsp3) is 0.0714. The Balaban J connectivity index is 2.04. The molecule has 0 aromatic carbocycles. The van der Waals surface area contributed by atoms with Gasteiger partial charge in [-0.3, -0.25) is 4.79 Å². The minimum atomic E-state index is 0.0344. The maximum absolute atomic E-state index is 11.7. The molecule has 0 spiro atoms. The Kier molecular flexibility index (Phi) is 3.73. The molecule has 0 N–H and O–H groups in total. The summed E-state index contributed by atoms with van der Waals surface area (Å²) in [6.45, 7) is 1.93. The van der Waals surface area contributed by atoms with Crippen LogP contribution >= 0.6 is 11.3 Å². The maximum Gasteiger partial charge on any atom is 0.195 e. The monoisotopic (exact) mass is 244 g/mol. The van der Waals surface area contributed by atoms with Crippen molar-refractivity contribution in [3.05, 3.63) is 64.3 Å². The maximum atomic E-state index is 11.7. The lowest BCUT2D eigenvalue weighted by atomic mass is 10.2. The number of furan rings is 1. The fourth-order valence-corrected chi connectivity index (χ4v) is 2.00. The molecular weight excluding hydrogens is 232 g/mol. The van der Waals surface area contributed by atoms with Crippen molar-refractivity contribution in [1.29, 1.82) is 0 Å². The van der Waals surface area contributed by atoms with Gasteiger partial charge in [-0.1, -0.05) is 12.1 Å². The van der Waals surface area contributed by atoms with Crippen molar-refractivity contribution in [2.45, 2.75) is 6.92 Å². The van der Waals surface area contributed by atoms with Gasteiger partial charge in [0.25, 0.3) is 0 Å². The molecule has 2 nitrogen and oxygen atoms in total. The molecule has 0 radical (unpaired) electrons. The highest BCUT2D eigenvalue weighted by molar-refractivity contribution is 7.12. The summed E-state index contributed by atoms with van der Waals surface area (Å²) >= 11 is 1.45. The number of rotatable bonds is 4. The lowest BCUT2D eigenvalue weighted by molar-refractivity contribution is 0.105. The second-order valence-electron chi connectivity index (χ2n) is 3.58. The van der Waals surface area contributed by atoms with E-state index in [9.17, 15) is 4.79 Å². The first-order valence-electron chi connectivity index (χ1n) is 5.23. The first-order valence-corrected chi connectivity index (χ1v) is 6.11. The van der Waals surface area contributed by atoms with Gasteiger partial charge < -0.3 is 4.42 Å². The SMILES string of the molecule is CC(/C=C/C(=O)c1cccs1)=C\c1ccco1. The average Bonchev–Trinajstić information content (AvgIpc) is 2.97. The minimum absolute atomic E-state index is 0.0344. The Morgan fingerprint density at radius 3 is 2.82 bits per heavy atom. The summed E-state index contributed by atoms with van der Waals surface area (Å²) in [5.74, 6) is 0.822. The van der Waals surface area contributed by atoms with Gasteiger partial charge in [0.15, 0.2) is 5.78 Å². The number of ketones is 1. The average molecular weight is 244 g/mol. The zero-order chi connectivity index (χ0) is 12.1. The Morgan fingerprint density at radius 1 is 1.29 bits per heavy atom. The van der Waals surface area contributed by atoms with Crippen LogP contribution in [0, 0.1) is 0 Å². The van der Waals surface area contributed by atoms with E-state index in [1.165, 1.54) is 11.3 Å². The molecule has 0 saturated heterocycles. The number of hydrogen-bond acceptors (Lipinski definition) is 3. The van der Waals surface area contributed by atoms with E-state index in [0.29, 0.717) is 0 Å². The number of carbonyl (C=O) groups excluding carboxylic acids is 1. The minimum Gasteiger partial charge on any atom is -0.465 e. The van der Waals surface area contributed by atoms with Crippen LogP contribution in [0.1, 0.15) is 22.4 Å².